The monoisotopic (exact) mass is 270 g/mol. The quantitative estimate of drug-likeness (QED) is 0.923. The summed E-state index contributed by atoms with van der Waals surface area (Å²) in [5.41, 5.74) is 0.589. The van der Waals surface area contributed by atoms with Gasteiger partial charge in [0.2, 0.25) is 0 Å². The molecule has 0 bridgehead atoms. The molecule has 0 radical (unpaired) electrons. The van der Waals surface area contributed by atoms with Crippen molar-refractivity contribution < 1.29 is 22.7 Å². The zero-order valence-corrected chi connectivity index (χ0v) is 10.0. The van der Waals surface area contributed by atoms with Gasteiger partial charge in [0.05, 0.1) is 24.2 Å². The van der Waals surface area contributed by atoms with Gasteiger partial charge in [0.25, 0.3) is 0 Å². The fraction of sp³-hybridized carbons (Fsp3) is 0.286. The van der Waals surface area contributed by atoms with Crippen molar-refractivity contribution in [1.82, 2.24) is 0 Å². The summed E-state index contributed by atoms with van der Waals surface area (Å²) in [6, 6.07) is 6.73. The minimum atomic E-state index is -4.36. The highest BCUT2D eigenvalue weighted by atomic mass is 19.4. The Labute approximate surface area is 108 Å². The molecule has 0 aliphatic carbocycles. The van der Waals surface area contributed by atoms with Gasteiger partial charge in [0, 0.05) is 6.42 Å². The highest BCUT2D eigenvalue weighted by Crippen LogP contribution is 2.29. The smallest absolute Gasteiger partial charge is 0.416 e. The lowest BCUT2D eigenvalue weighted by molar-refractivity contribution is -0.137. The van der Waals surface area contributed by atoms with E-state index in [9.17, 15) is 18.3 Å². The van der Waals surface area contributed by atoms with Crippen molar-refractivity contribution in [2.75, 3.05) is 0 Å². The summed E-state index contributed by atoms with van der Waals surface area (Å²) in [5.74, 6) is 0. The summed E-state index contributed by atoms with van der Waals surface area (Å²) in [4.78, 5) is 0. The fourth-order valence-electron chi connectivity index (χ4n) is 1.90. The van der Waals surface area contributed by atoms with Crippen LogP contribution in [0.5, 0.6) is 0 Å². The molecule has 2 rings (SSSR count). The summed E-state index contributed by atoms with van der Waals surface area (Å²) in [5, 5.41) is 9.85. The predicted octanol–water partition coefficient (Wildman–Crippen LogP) is 3.44. The molecule has 0 amide bonds. The molecule has 19 heavy (non-hydrogen) atoms. The molecule has 0 fully saturated rings. The highest BCUT2D eigenvalue weighted by molar-refractivity contribution is 5.26. The van der Waals surface area contributed by atoms with Crippen LogP contribution in [0.1, 0.15) is 16.7 Å². The maximum atomic E-state index is 12.5. The summed E-state index contributed by atoms with van der Waals surface area (Å²) < 4.78 is 42.5. The van der Waals surface area contributed by atoms with E-state index in [1.54, 1.807) is 12.1 Å². The standard InChI is InChI=1S/C14H13F3O2/c15-14(16,17)12-3-1-2-10(6-12)7-13(18)8-11-4-5-19-9-11/h1-6,9,13,18H,7-8H2. The Morgan fingerprint density at radius 2 is 1.84 bits per heavy atom. The summed E-state index contributed by atoms with van der Waals surface area (Å²) in [6.07, 6.45) is -1.56. The number of benzene rings is 1. The number of hydrogen-bond acceptors (Lipinski definition) is 2. The molecule has 1 unspecified atom stereocenters. The molecule has 1 aromatic carbocycles. The first-order valence-corrected chi connectivity index (χ1v) is 5.80. The molecule has 0 saturated carbocycles. The molecule has 0 saturated heterocycles. The van der Waals surface area contributed by atoms with E-state index in [1.807, 2.05) is 0 Å². The van der Waals surface area contributed by atoms with Crippen LogP contribution < -0.4 is 0 Å². The van der Waals surface area contributed by atoms with Gasteiger partial charge in [-0.2, -0.15) is 13.2 Å². The van der Waals surface area contributed by atoms with Crippen LogP contribution in [0.15, 0.2) is 47.3 Å². The SMILES string of the molecule is OC(Cc1ccoc1)Cc1cccc(C(F)(F)F)c1. The van der Waals surface area contributed by atoms with Crippen molar-refractivity contribution in [3.05, 3.63) is 59.5 Å². The molecule has 102 valence electrons. The van der Waals surface area contributed by atoms with Gasteiger partial charge in [0.1, 0.15) is 0 Å². The van der Waals surface area contributed by atoms with Crippen LogP contribution in [0.25, 0.3) is 0 Å². The lowest BCUT2D eigenvalue weighted by atomic mass is 10.0. The number of furan rings is 1. The third kappa shape index (κ3) is 3.86. The number of hydrogen-bond donors (Lipinski definition) is 1. The van der Waals surface area contributed by atoms with Crippen molar-refractivity contribution in [2.24, 2.45) is 0 Å². The van der Waals surface area contributed by atoms with E-state index in [1.165, 1.54) is 18.6 Å². The van der Waals surface area contributed by atoms with E-state index in [-0.39, 0.29) is 6.42 Å². The first-order valence-electron chi connectivity index (χ1n) is 5.80. The van der Waals surface area contributed by atoms with Gasteiger partial charge in [0.15, 0.2) is 0 Å². The van der Waals surface area contributed by atoms with Crippen molar-refractivity contribution in [1.29, 1.82) is 0 Å². The lowest BCUT2D eigenvalue weighted by Gasteiger charge is -2.12. The summed E-state index contributed by atoms with van der Waals surface area (Å²) >= 11 is 0. The van der Waals surface area contributed by atoms with E-state index < -0.39 is 17.8 Å². The van der Waals surface area contributed by atoms with Crippen LogP contribution in [0, 0.1) is 0 Å². The van der Waals surface area contributed by atoms with Gasteiger partial charge in [-0.3, -0.25) is 0 Å². The van der Waals surface area contributed by atoms with Crippen LogP contribution in [0.3, 0.4) is 0 Å². The topological polar surface area (TPSA) is 33.4 Å². The highest BCUT2D eigenvalue weighted by Gasteiger charge is 2.30. The van der Waals surface area contributed by atoms with E-state index in [2.05, 4.69) is 0 Å². The number of aliphatic hydroxyl groups is 1. The molecule has 1 heterocycles. The first kappa shape index (κ1) is 13.7. The second-order valence-electron chi connectivity index (χ2n) is 4.39. The summed E-state index contributed by atoms with van der Waals surface area (Å²) in [7, 11) is 0. The fourth-order valence-corrected chi connectivity index (χ4v) is 1.90. The Hall–Kier alpha value is -1.75. The third-order valence-electron chi connectivity index (χ3n) is 2.78. The first-order chi connectivity index (χ1) is 8.95. The largest absolute Gasteiger partial charge is 0.472 e. The molecule has 2 nitrogen and oxygen atoms in total. The molecule has 0 aliphatic rings. The average Bonchev–Trinajstić information content (AvgIpc) is 2.80. The Morgan fingerprint density at radius 1 is 1.11 bits per heavy atom. The lowest BCUT2D eigenvalue weighted by Crippen LogP contribution is -2.14. The van der Waals surface area contributed by atoms with Gasteiger partial charge in [-0.1, -0.05) is 18.2 Å². The zero-order valence-electron chi connectivity index (χ0n) is 10.0. The molecular formula is C14H13F3O2. The second kappa shape index (κ2) is 5.48. The van der Waals surface area contributed by atoms with E-state index in [0.29, 0.717) is 12.0 Å². The van der Waals surface area contributed by atoms with Crippen molar-refractivity contribution >= 4 is 0 Å². The average molecular weight is 270 g/mol. The van der Waals surface area contributed by atoms with Gasteiger partial charge in [-0.25, -0.2) is 0 Å². The minimum absolute atomic E-state index is 0.176. The van der Waals surface area contributed by atoms with Gasteiger partial charge in [-0.15, -0.1) is 0 Å². The predicted molar refractivity (Wildman–Crippen MR) is 63.6 cm³/mol. The van der Waals surface area contributed by atoms with Crippen molar-refractivity contribution in [3.63, 3.8) is 0 Å². The molecule has 0 spiro atoms. The van der Waals surface area contributed by atoms with Crippen molar-refractivity contribution in [3.8, 4) is 0 Å². The maximum absolute atomic E-state index is 12.5. The summed E-state index contributed by atoms with van der Waals surface area (Å²) in [6.45, 7) is 0. The van der Waals surface area contributed by atoms with Crippen LogP contribution in [-0.2, 0) is 19.0 Å². The third-order valence-corrected chi connectivity index (χ3v) is 2.78. The van der Waals surface area contributed by atoms with Gasteiger partial charge >= 0.3 is 6.18 Å². The molecular weight excluding hydrogens is 257 g/mol. The van der Waals surface area contributed by atoms with E-state index in [0.717, 1.165) is 17.7 Å². The number of aliphatic hydroxyl groups excluding tert-OH is 1. The van der Waals surface area contributed by atoms with E-state index in [4.69, 9.17) is 4.42 Å². The Balaban J connectivity index is 2.03. The molecule has 5 heteroatoms. The zero-order chi connectivity index (χ0) is 13.9. The van der Waals surface area contributed by atoms with Crippen LogP contribution in [0.2, 0.25) is 0 Å². The number of rotatable bonds is 4. The molecule has 1 atom stereocenters. The van der Waals surface area contributed by atoms with Crippen LogP contribution in [0.4, 0.5) is 13.2 Å². The molecule has 0 aliphatic heterocycles. The number of halogens is 3. The van der Waals surface area contributed by atoms with Crippen LogP contribution in [-0.4, -0.2) is 11.2 Å². The Kier molecular flexibility index (Phi) is 3.95. The van der Waals surface area contributed by atoms with Gasteiger partial charge < -0.3 is 9.52 Å². The second-order valence-corrected chi connectivity index (χ2v) is 4.39. The molecule has 1 N–H and O–H groups in total. The van der Waals surface area contributed by atoms with Crippen LogP contribution >= 0.6 is 0 Å². The molecule has 2 aromatic rings. The Morgan fingerprint density at radius 3 is 2.47 bits per heavy atom. The van der Waals surface area contributed by atoms with E-state index >= 15 is 0 Å². The minimum Gasteiger partial charge on any atom is -0.472 e. The van der Waals surface area contributed by atoms with Gasteiger partial charge in [-0.05, 0) is 29.7 Å². The Bertz CT molecular complexity index is 518. The molecule has 1 aromatic heterocycles. The van der Waals surface area contributed by atoms with Crippen molar-refractivity contribution in [2.45, 2.75) is 25.1 Å². The number of alkyl halides is 3. The normalized spacial score (nSPS) is 13.5. The maximum Gasteiger partial charge on any atom is 0.416 e.